The summed E-state index contributed by atoms with van der Waals surface area (Å²) in [5.41, 5.74) is 4.26. The molecule has 0 aromatic carbocycles. The van der Waals surface area contributed by atoms with Gasteiger partial charge in [-0.05, 0) is 32.1 Å². The van der Waals surface area contributed by atoms with Gasteiger partial charge in [-0.2, -0.15) is 0 Å². The second kappa shape index (κ2) is 4.53. The number of rotatable bonds is 5. The smallest absolute Gasteiger partial charge is 0.329 e. The lowest BCUT2D eigenvalue weighted by Crippen LogP contribution is -2.55. The predicted molar refractivity (Wildman–Crippen MR) is 66.9 cm³/mol. The SMILES string of the molecule is CCCC1(C(=O)O)CCCN1C(=O)C1(CN)CC1. The van der Waals surface area contributed by atoms with E-state index in [1.807, 2.05) is 6.92 Å². The third-order valence-electron chi connectivity index (χ3n) is 4.49. The first-order chi connectivity index (χ1) is 8.52. The number of nitrogens with zero attached hydrogens (tertiary/aromatic N) is 1. The van der Waals surface area contributed by atoms with E-state index in [4.69, 9.17) is 5.73 Å². The molecule has 1 heterocycles. The zero-order valence-electron chi connectivity index (χ0n) is 10.9. The molecular formula is C13H22N2O3. The molecule has 2 aliphatic rings. The maximum absolute atomic E-state index is 12.5. The highest BCUT2D eigenvalue weighted by Gasteiger charge is 2.57. The molecule has 0 bridgehead atoms. The van der Waals surface area contributed by atoms with Crippen LogP contribution in [0.3, 0.4) is 0 Å². The molecule has 0 spiro atoms. The molecule has 1 saturated heterocycles. The van der Waals surface area contributed by atoms with Crippen LogP contribution in [0.25, 0.3) is 0 Å². The maximum atomic E-state index is 12.5. The second-order valence-electron chi connectivity index (χ2n) is 5.63. The number of carbonyl (C=O) groups excluding carboxylic acids is 1. The molecule has 5 nitrogen and oxygen atoms in total. The van der Waals surface area contributed by atoms with Gasteiger partial charge in [-0.25, -0.2) is 4.79 Å². The fourth-order valence-electron chi connectivity index (χ4n) is 3.12. The van der Waals surface area contributed by atoms with Crippen LogP contribution >= 0.6 is 0 Å². The molecule has 0 aromatic heterocycles. The summed E-state index contributed by atoms with van der Waals surface area (Å²) in [5, 5.41) is 9.55. The van der Waals surface area contributed by atoms with E-state index in [0.29, 0.717) is 25.9 Å². The number of carboxylic acids is 1. The van der Waals surface area contributed by atoms with Crippen LogP contribution in [0.5, 0.6) is 0 Å². The van der Waals surface area contributed by atoms with E-state index in [1.54, 1.807) is 4.90 Å². The molecular weight excluding hydrogens is 232 g/mol. The Morgan fingerprint density at radius 3 is 2.44 bits per heavy atom. The van der Waals surface area contributed by atoms with Crippen molar-refractivity contribution < 1.29 is 14.7 Å². The molecule has 1 amide bonds. The summed E-state index contributed by atoms with van der Waals surface area (Å²) in [5.74, 6) is -0.888. The Kier molecular flexibility index (Phi) is 3.36. The summed E-state index contributed by atoms with van der Waals surface area (Å²) >= 11 is 0. The first-order valence-corrected chi connectivity index (χ1v) is 6.78. The summed E-state index contributed by atoms with van der Waals surface area (Å²) in [6.07, 6.45) is 4.27. The van der Waals surface area contributed by atoms with Crippen LogP contribution in [0.4, 0.5) is 0 Å². The highest BCUT2D eigenvalue weighted by Crippen LogP contribution is 2.49. The quantitative estimate of drug-likeness (QED) is 0.765. The standard InChI is InChI=1S/C13H22N2O3/c1-2-4-13(11(17)18)5-3-8-15(13)10(16)12(9-14)6-7-12/h2-9,14H2,1H3,(H,17,18). The van der Waals surface area contributed by atoms with E-state index >= 15 is 0 Å². The lowest BCUT2D eigenvalue weighted by atomic mass is 9.89. The van der Waals surface area contributed by atoms with Crippen molar-refractivity contribution in [3.8, 4) is 0 Å². The van der Waals surface area contributed by atoms with Gasteiger partial charge < -0.3 is 15.7 Å². The number of amides is 1. The highest BCUT2D eigenvalue weighted by atomic mass is 16.4. The van der Waals surface area contributed by atoms with E-state index in [-0.39, 0.29) is 5.91 Å². The van der Waals surface area contributed by atoms with E-state index in [9.17, 15) is 14.7 Å². The van der Waals surface area contributed by atoms with E-state index < -0.39 is 16.9 Å². The monoisotopic (exact) mass is 254 g/mol. The second-order valence-corrected chi connectivity index (χ2v) is 5.63. The van der Waals surface area contributed by atoms with Crippen LogP contribution in [0.1, 0.15) is 45.4 Å². The highest BCUT2D eigenvalue weighted by molar-refractivity contribution is 5.92. The molecule has 0 radical (unpaired) electrons. The van der Waals surface area contributed by atoms with E-state index in [1.165, 1.54) is 0 Å². The Morgan fingerprint density at radius 1 is 1.33 bits per heavy atom. The normalized spacial score (nSPS) is 29.3. The average molecular weight is 254 g/mol. The minimum atomic E-state index is -0.976. The third kappa shape index (κ3) is 1.81. The Morgan fingerprint density at radius 2 is 2.00 bits per heavy atom. The first kappa shape index (κ1) is 13.3. The van der Waals surface area contributed by atoms with Crippen molar-refractivity contribution in [2.75, 3.05) is 13.1 Å². The van der Waals surface area contributed by atoms with Crippen molar-refractivity contribution in [1.29, 1.82) is 0 Å². The minimum Gasteiger partial charge on any atom is -0.479 e. The van der Waals surface area contributed by atoms with Crippen LogP contribution in [-0.4, -0.2) is 40.5 Å². The van der Waals surface area contributed by atoms with Gasteiger partial charge in [-0.1, -0.05) is 13.3 Å². The van der Waals surface area contributed by atoms with Crippen LogP contribution in [0.2, 0.25) is 0 Å². The Labute approximate surface area is 107 Å². The molecule has 102 valence electrons. The first-order valence-electron chi connectivity index (χ1n) is 6.78. The van der Waals surface area contributed by atoms with E-state index in [2.05, 4.69) is 0 Å². The van der Waals surface area contributed by atoms with Crippen molar-refractivity contribution in [2.45, 2.75) is 51.0 Å². The molecule has 1 atom stereocenters. The van der Waals surface area contributed by atoms with Crippen molar-refractivity contribution in [3.63, 3.8) is 0 Å². The predicted octanol–water partition coefficient (Wildman–Crippen LogP) is 0.971. The van der Waals surface area contributed by atoms with Gasteiger partial charge in [0.2, 0.25) is 5.91 Å². The fourth-order valence-corrected chi connectivity index (χ4v) is 3.12. The van der Waals surface area contributed by atoms with Gasteiger partial charge in [0.15, 0.2) is 0 Å². The van der Waals surface area contributed by atoms with Crippen molar-refractivity contribution in [1.82, 2.24) is 4.90 Å². The van der Waals surface area contributed by atoms with Crippen LogP contribution in [0, 0.1) is 5.41 Å². The van der Waals surface area contributed by atoms with Gasteiger partial charge >= 0.3 is 5.97 Å². The summed E-state index contributed by atoms with van der Waals surface area (Å²) < 4.78 is 0. The molecule has 1 saturated carbocycles. The Balaban J connectivity index is 2.25. The van der Waals surface area contributed by atoms with Crippen LogP contribution < -0.4 is 5.73 Å². The van der Waals surface area contributed by atoms with Crippen LogP contribution in [-0.2, 0) is 9.59 Å². The largest absolute Gasteiger partial charge is 0.479 e. The number of hydrogen-bond donors (Lipinski definition) is 2. The van der Waals surface area contributed by atoms with Gasteiger partial charge in [0.05, 0.1) is 5.41 Å². The molecule has 5 heteroatoms. The van der Waals surface area contributed by atoms with Crippen molar-refractivity contribution in [2.24, 2.45) is 11.1 Å². The summed E-state index contributed by atoms with van der Waals surface area (Å²) in [4.78, 5) is 25.8. The van der Waals surface area contributed by atoms with Crippen molar-refractivity contribution in [3.05, 3.63) is 0 Å². The average Bonchev–Trinajstić information content (AvgIpc) is 3.04. The number of hydrogen-bond acceptors (Lipinski definition) is 3. The molecule has 0 aromatic rings. The molecule has 1 aliphatic carbocycles. The third-order valence-corrected chi connectivity index (χ3v) is 4.49. The van der Waals surface area contributed by atoms with Gasteiger partial charge in [-0.3, -0.25) is 4.79 Å². The number of carbonyl (C=O) groups is 2. The maximum Gasteiger partial charge on any atom is 0.329 e. The Hall–Kier alpha value is -1.10. The zero-order valence-corrected chi connectivity index (χ0v) is 10.9. The lowest BCUT2D eigenvalue weighted by molar-refractivity contribution is -0.159. The van der Waals surface area contributed by atoms with Gasteiger partial charge in [0.25, 0.3) is 0 Å². The van der Waals surface area contributed by atoms with Gasteiger partial charge in [-0.15, -0.1) is 0 Å². The topological polar surface area (TPSA) is 83.6 Å². The zero-order chi connectivity index (χ0) is 13.4. The molecule has 1 aliphatic heterocycles. The summed E-state index contributed by atoms with van der Waals surface area (Å²) in [6, 6.07) is 0. The van der Waals surface area contributed by atoms with Crippen LogP contribution in [0.15, 0.2) is 0 Å². The Bertz CT molecular complexity index is 365. The van der Waals surface area contributed by atoms with Crippen molar-refractivity contribution >= 4 is 11.9 Å². The minimum absolute atomic E-state index is 0.0293. The molecule has 18 heavy (non-hydrogen) atoms. The number of aliphatic carboxylic acids is 1. The van der Waals surface area contributed by atoms with E-state index in [0.717, 1.165) is 25.7 Å². The molecule has 2 fully saturated rings. The number of nitrogens with two attached hydrogens (primary N) is 1. The number of likely N-dealkylation sites (tertiary alicyclic amines) is 1. The molecule has 3 N–H and O–H groups in total. The van der Waals surface area contributed by atoms with Gasteiger partial charge in [0, 0.05) is 13.1 Å². The molecule has 2 rings (SSSR count). The molecule has 1 unspecified atom stereocenters. The fraction of sp³-hybridized carbons (Fsp3) is 0.846. The summed E-state index contributed by atoms with van der Waals surface area (Å²) in [7, 11) is 0. The number of carboxylic acid groups (broad SMARTS) is 1. The summed E-state index contributed by atoms with van der Waals surface area (Å²) in [6.45, 7) is 2.86. The van der Waals surface area contributed by atoms with Gasteiger partial charge in [0.1, 0.15) is 5.54 Å². The lowest BCUT2D eigenvalue weighted by Gasteiger charge is -2.36.